The molecule has 1 fully saturated rings. The zero-order valence-corrected chi connectivity index (χ0v) is 14.3. The Hall–Kier alpha value is -2.72. The average molecular weight is 331 g/mol. The van der Waals surface area contributed by atoms with E-state index in [1.165, 1.54) is 18.4 Å². The van der Waals surface area contributed by atoms with Gasteiger partial charge in [0.2, 0.25) is 0 Å². The Balaban J connectivity index is 1.54. The average Bonchev–Trinajstić information content (AvgIpc) is 3.09. The van der Waals surface area contributed by atoms with E-state index < -0.39 is 0 Å². The minimum atomic E-state index is 0.488. The summed E-state index contributed by atoms with van der Waals surface area (Å²) in [7, 11) is 2.18. The molecule has 0 spiro atoms. The van der Waals surface area contributed by atoms with Crippen molar-refractivity contribution in [2.45, 2.75) is 18.9 Å². The summed E-state index contributed by atoms with van der Waals surface area (Å²) >= 11 is 0. The number of ether oxygens (including phenoxy) is 1. The summed E-state index contributed by atoms with van der Waals surface area (Å²) in [6.45, 7) is 1.16. The number of para-hydroxylation sites is 1. The number of rotatable bonds is 4. The summed E-state index contributed by atoms with van der Waals surface area (Å²) in [5.74, 6) is 1.57. The molecular weight excluding hydrogens is 310 g/mol. The Morgan fingerprint density at radius 3 is 2.56 bits per heavy atom. The predicted octanol–water partition coefficient (Wildman–Crippen LogP) is 4.70. The van der Waals surface area contributed by atoms with E-state index in [0.29, 0.717) is 6.04 Å². The normalized spacial score (nSPS) is 17.6. The molecule has 0 bridgehead atoms. The van der Waals surface area contributed by atoms with Crippen LogP contribution >= 0.6 is 0 Å². The summed E-state index contributed by atoms with van der Waals surface area (Å²) in [6.07, 6.45) is 6.20. The van der Waals surface area contributed by atoms with Crippen LogP contribution in [-0.2, 0) is 0 Å². The van der Waals surface area contributed by atoms with Crippen LogP contribution in [0.3, 0.4) is 0 Å². The van der Waals surface area contributed by atoms with E-state index >= 15 is 0 Å². The van der Waals surface area contributed by atoms with Crippen LogP contribution in [0.1, 0.15) is 24.4 Å². The van der Waals surface area contributed by atoms with Gasteiger partial charge in [-0.15, -0.1) is 0 Å². The first-order valence-electron chi connectivity index (χ1n) is 8.65. The molecule has 1 atom stereocenters. The van der Waals surface area contributed by atoms with Crippen LogP contribution in [0.25, 0.3) is 11.4 Å². The number of pyridine rings is 2. The minimum absolute atomic E-state index is 0.488. The number of aromatic nitrogens is 2. The van der Waals surface area contributed by atoms with E-state index in [-0.39, 0.29) is 0 Å². The van der Waals surface area contributed by atoms with Crippen molar-refractivity contribution in [3.8, 4) is 22.9 Å². The van der Waals surface area contributed by atoms with Crippen LogP contribution in [0, 0.1) is 0 Å². The molecule has 3 heterocycles. The molecule has 4 nitrogen and oxygen atoms in total. The highest BCUT2D eigenvalue weighted by atomic mass is 16.5. The maximum atomic E-state index is 5.89. The molecule has 126 valence electrons. The van der Waals surface area contributed by atoms with Gasteiger partial charge in [-0.1, -0.05) is 24.3 Å². The smallest absolute Gasteiger partial charge is 0.131 e. The van der Waals surface area contributed by atoms with E-state index in [9.17, 15) is 0 Å². The lowest BCUT2D eigenvalue weighted by Crippen LogP contribution is -2.17. The van der Waals surface area contributed by atoms with Gasteiger partial charge in [0.05, 0.1) is 11.4 Å². The number of nitrogens with zero attached hydrogens (tertiary/aromatic N) is 3. The third-order valence-electron chi connectivity index (χ3n) is 4.66. The number of hydrogen-bond donors (Lipinski definition) is 0. The first kappa shape index (κ1) is 15.8. The highest BCUT2D eigenvalue weighted by Gasteiger charge is 2.22. The molecular formula is C21H21N3O. The van der Waals surface area contributed by atoms with Crippen LogP contribution in [0.4, 0.5) is 0 Å². The van der Waals surface area contributed by atoms with Gasteiger partial charge in [0.15, 0.2) is 0 Å². The Labute approximate surface area is 148 Å². The van der Waals surface area contributed by atoms with Gasteiger partial charge in [0, 0.05) is 24.5 Å². The monoisotopic (exact) mass is 331 g/mol. The van der Waals surface area contributed by atoms with E-state index in [2.05, 4.69) is 34.0 Å². The van der Waals surface area contributed by atoms with Crippen molar-refractivity contribution < 1.29 is 4.74 Å². The molecule has 3 aromatic rings. The van der Waals surface area contributed by atoms with Crippen molar-refractivity contribution in [1.29, 1.82) is 0 Å². The lowest BCUT2D eigenvalue weighted by atomic mass is 10.1. The van der Waals surface area contributed by atoms with Gasteiger partial charge in [-0.2, -0.15) is 0 Å². The Morgan fingerprint density at radius 1 is 0.960 bits per heavy atom. The third-order valence-corrected chi connectivity index (χ3v) is 4.66. The van der Waals surface area contributed by atoms with Crippen LogP contribution in [0.5, 0.6) is 11.5 Å². The van der Waals surface area contributed by atoms with Gasteiger partial charge in [-0.05, 0) is 56.3 Å². The lowest BCUT2D eigenvalue weighted by molar-refractivity contribution is 0.317. The fourth-order valence-corrected chi connectivity index (χ4v) is 3.32. The Bertz CT molecular complexity index is 833. The van der Waals surface area contributed by atoms with Gasteiger partial charge in [0.25, 0.3) is 0 Å². The molecule has 1 aliphatic rings. The summed E-state index contributed by atoms with van der Waals surface area (Å²) in [5, 5.41) is 0. The second-order valence-corrected chi connectivity index (χ2v) is 6.41. The Kier molecular flexibility index (Phi) is 4.44. The molecule has 1 aliphatic heterocycles. The van der Waals surface area contributed by atoms with Crippen LogP contribution in [0.2, 0.25) is 0 Å². The second-order valence-electron chi connectivity index (χ2n) is 6.41. The molecule has 0 N–H and O–H groups in total. The molecule has 4 heteroatoms. The quantitative estimate of drug-likeness (QED) is 0.694. The largest absolute Gasteiger partial charge is 0.457 e. The standard InChI is InChI=1S/C21H21N3O/c1-24-13-5-8-21(24)16-9-10-19(23-15-16)20-14-18(11-12-22-20)25-17-6-3-2-4-7-17/h2-4,6-7,9-12,14-15,21H,5,8,13H2,1H3. The second kappa shape index (κ2) is 7.03. The summed E-state index contributed by atoms with van der Waals surface area (Å²) in [4.78, 5) is 11.5. The topological polar surface area (TPSA) is 38.2 Å². The van der Waals surface area contributed by atoms with Crippen molar-refractivity contribution >= 4 is 0 Å². The van der Waals surface area contributed by atoms with E-state index in [1.807, 2.05) is 48.7 Å². The molecule has 1 saturated heterocycles. The molecule has 0 aliphatic carbocycles. The van der Waals surface area contributed by atoms with Crippen molar-refractivity contribution in [1.82, 2.24) is 14.9 Å². The Morgan fingerprint density at radius 2 is 1.84 bits per heavy atom. The lowest BCUT2D eigenvalue weighted by Gasteiger charge is -2.19. The van der Waals surface area contributed by atoms with Gasteiger partial charge < -0.3 is 4.74 Å². The summed E-state index contributed by atoms with van der Waals surface area (Å²) in [6, 6.07) is 18.2. The zero-order valence-electron chi connectivity index (χ0n) is 14.3. The predicted molar refractivity (Wildman–Crippen MR) is 98.6 cm³/mol. The van der Waals surface area contributed by atoms with Crippen LogP contribution < -0.4 is 4.74 Å². The van der Waals surface area contributed by atoms with E-state index in [1.54, 1.807) is 6.20 Å². The highest BCUT2D eigenvalue weighted by molar-refractivity contribution is 5.56. The third kappa shape index (κ3) is 3.54. The fourth-order valence-electron chi connectivity index (χ4n) is 3.32. The molecule has 0 amide bonds. The number of hydrogen-bond acceptors (Lipinski definition) is 4. The van der Waals surface area contributed by atoms with Crippen LogP contribution in [-0.4, -0.2) is 28.5 Å². The van der Waals surface area contributed by atoms with Crippen molar-refractivity contribution in [2.75, 3.05) is 13.6 Å². The minimum Gasteiger partial charge on any atom is -0.457 e. The van der Waals surface area contributed by atoms with Gasteiger partial charge in [-0.25, -0.2) is 0 Å². The first-order chi connectivity index (χ1) is 12.3. The first-order valence-corrected chi connectivity index (χ1v) is 8.65. The molecule has 1 aromatic carbocycles. The number of likely N-dealkylation sites (tertiary alicyclic amines) is 1. The molecule has 25 heavy (non-hydrogen) atoms. The summed E-state index contributed by atoms with van der Waals surface area (Å²) < 4.78 is 5.89. The maximum Gasteiger partial charge on any atom is 0.131 e. The molecule has 4 rings (SSSR count). The van der Waals surface area contributed by atoms with Crippen molar-refractivity contribution in [3.63, 3.8) is 0 Å². The SMILES string of the molecule is CN1CCCC1c1ccc(-c2cc(Oc3ccccc3)ccn2)nc1. The summed E-state index contributed by atoms with van der Waals surface area (Å²) in [5.41, 5.74) is 2.96. The van der Waals surface area contributed by atoms with E-state index in [0.717, 1.165) is 29.4 Å². The zero-order chi connectivity index (χ0) is 17.1. The molecule has 0 radical (unpaired) electrons. The number of benzene rings is 1. The molecule has 1 unspecified atom stereocenters. The van der Waals surface area contributed by atoms with Gasteiger partial charge in [-0.3, -0.25) is 14.9 Å². The van der Waals surface area contributed by atoms with Crippen molar-refractivity contribution in [2.24, 2.45) is 0 Å². The fraction of sp³-hybridized carbons (Fsp3) is 0.238. The van der Waals surface area contributed by atoms with Gasteiger partial charge in [0.1, 0.15) is 11.5 Å². The van der Waals surface area contributed by atoms with Crippen LogP contribution in [0.15, 0.2) is 67.0 Å². The highest BCUT2D eigenvalue weighted by Crippen LogP contribution is 2.31. The van der Waals surface area contributed by atoms with E-state index in [4.69, 9.17) is 4.74 Å². The maximum absolute atomic E-state index is 5.89. The molecule has 2 aromatic heterocycles. The molecule has 0 saturated carbocycles. The van der Waals surface area contributed by atoms with Gasteiger partial charge >= 0.3 is 0 Å². The van der Waals surface area contributed by atoms with Crippen molar-refractivity contribution in [3.05, 3.63) is 72.6 Å².